The number of ether oxygens (including phenoxy) is 1. The highest BCUT2D eigenvalue weighted by molar-refractivity contribution is 5.89. The standard InChI is InChI=1S/C19H18N2O5/c22-18-8-3-9-20(18)12-14-4-1-6-16(10-14)19(23)26-13-15-5-2-7-17(11-15)21(24)25/h1-2,4-7,10-11H,3,8-9,12-13H2. The minimum absolute atomic E-state index is 0.0455. The molecule has 26 heavy (non-hydrogen) atoms. The van der Waals surface area contributed by atoms with Crippen molar-refractivity contribution in [1.29, 1.82) is 0 Å². The van der Waals surface area contributed by atoms with Gasteiger partial charge in [-0.05, 0) is 29.7 Å². The molecule has 0 aliphatic carbocycles. The molecular formula is C19H18N2O5. The van der Waals surface area contributed by atoms with Crippen LogP contribution in [0.25, 0.3) is 0 Å². The van der Waals surface area contributed by atoms with Crippen LogP contribution in [-0.4, -0.2) is 28.2 Å². The largest absolute Gasteiger partial charge is 0.457 e. The molecule has 0 unspecified atom stereocenters. The number of nitro groups is 1. The summed E-state index contributed by atoms with van der Waals surface area (Å²) in [6.45, 7) is 1.17. The Kier molecular flexibility index (Phi) is 5.26. The molecule has 1 heterocycles. The predicted octanol–water partition coefficient (Wildman–Crippen LogP) is 3.07. The van der Waals surface area contributed by atoms with Crippen LogP contribution in [0, 0.1) is 10.1 Å². The van der Waals surface area contributed by atoms with Gasteiger partial charge in [0.2, 0.25) is 5.91 Å². The highest BCUT2D eigenvalue weighted by atomic mass is 16.6. The number of rotatable bonds is 6. The van der Waals surface area contributed by atoms with Gasteiger partial charge in [0.25, 0.3) is 5.69 Å². The lowest BCUT2D eigenvalue weighted by Crippen LogP contribution is -2.23. The molecule has 7 heteroatoms. The van der Waals surface area contributed by atoms with E-state index in [2.05, 4.69) is 0 Å². The Hall–Kier alpha value is -3.22. The van der Waals surface area contributed by atoms with Gasteiger partial charge in [-0.15, -0.1) is 0 Å². The molecule has 0 atom stereocenters. The molecule has 7 nitrogen and oxygen atoms in total. The minimum atomic E-state index is -0.508. The maximum absolute atomic E-state index is 12.3. The first-order chi connectivity index (χ1) is 12.5. The lowest BCUT2D eigenvalue weighted by Gasteiger charge is -2.15. The Balaban J connectivity index is 1.63. The molecule has 134 valence electrons. The summed E-state index contributed by atoms with van der Waals surface area (Å²) in [5, 5.41) is 10.8. The predicted molar refractivity (Wildman–Crippen MR) is 93.3 cm³/mol. The van der Waals surface area contributed by atoms with Crippen molar-refractivity contribution < 1.29 is 19.2 Å². The number of nitrogens with zero attached hydrogens (tertiary/aromatic N) is 2. The average molecular weight is 354 g/mol. The van der Waals surface area contributed by atoms with E-state index in [1.165, 1.54) is 12.1 Å². The van der Waals surface area contributed by atoms with E-state index in [0.29, 0.717) is 24.1 Å². The van der Waals surface area contributed by atoms with Crippen LogP contribution in [0.5, 0.6) is 0 Å². The molecule has 0 aromatic heterocycles. The van der Waals surface area contributed by atoms with Crippen LogP contribution in [0.2, 0.25) is 0 Å². The number of hydrogen-bond donors (Lipinski definition) is 0. The summed E-state index contributed by atoms with van der Waals surface area (Å²) in [6.07, 6.45) is 1.44. The Morgan fingerprint density at radius 3 is 2.65 bits per heavy atom. The lowest BCUT2D eigenvalue weighted by molar-refractivity contribution is -0.384. The smallest absolute Gasteiger partial charge is 0.338 e. The third-order valence-electron chi connectivity index (χ3n) is 4.20. The zero-order valence-electron chi connectivity index (χ0n) is 14.1. The Labute approximate surface area is 150 Å². The first-order valence-corrected chi connectivity index (χ1v) is 8.30. The molecule has 1 amide bonds. The molecule has 1 saturated heterocycles. The number of hydrogen-bond acceptors (Lipinski definition) is 5. The first kappa shape index (κ1) is 17.6. The first-order valence-electron chi connectivity index (χ1n) is 8.30. The Bertz CT molecular complexity index is 849. The topological polar surface area (TPSA) is 89.8 Å². The van der Waals surface area contributed by atoms with Gasteiger partial charge in [-0.2, -0.15) is 0 Å². The number of carbonyl (C=O) groups is 2. The number of non-ortho nitro benzene ring substituents is 1. The van der Waals surface area contributed by atoms with Crippen molar-refractivity contribution in [2.24, 2.45) is 0 Å². The fourth-order valence-corrected chi connectivity index (χ4v) is 2.88. The van der Waals surface area contributed by atoms with E-state index >= 15 is 0 Å². The second kappa shape index (κ2) is 7.77. The van der Waals surface area contributed by atoms with Gasteiger partial charge in [0.15, 0.2) is 0 Å². The maximum Gasteiger partial charge on any atom is 0.338 e. The molecule has 0 N–H and O–H groups in total. The highest BCUT2D eigenvalue weighted by Crippen LogP contribution is 2.17. The van der Waals surface area contributed by atoms with Crippen LogP contribution in [0.1, 0.15) is 34.3 Å². The van der Waals surface area contributed by atoms with Gasteiger partial charge in [-0.1, -0.05) is 24.3 Å². The van der Waals surface area contributed by atoms with Gasteiger partial charge in [0, 0.05) is 31.6 Å². The van der Waals surface area contributed by atoms with Gasteiger partial charge < -0.3 is 9.64 Å². The number of nitro benzene ring substituents is 1. The van der Waals surface area contributed by atoms with Gasteiger partial charge in [-0.25, -0.2) is 4.79 Å². The van der Waals surface area contributed by atoms with E-state index < -0.39 is 10.9 Å². The summed E-state index contributed by atoms with van der Waals surface area (Å²) in [5.74, 6) is -0.380. The number of amides is 1. The molecule has 1 aliphatic rings. The van der Waals surface area contributed by atoms with Crippen molar-refractivity contribution in [3.8, 4) is 0 Å². The van der Waals surface area contributed by atoms with Gasteiger partial charge in [0.05, 0.1) is 10.5 Å². The average Bonchev–Trinajstić information content (AvgIpc) is 3.05. The molecule has 0 saturated carbocycles. The fraction of sp³-hybridized carbons (Fsp3) is 0.263. The highest BCUT2D eigenvalue weighted by Gasteiger charge is 2.20. The second-order valence-corrected chi connectivity index (χ2v) is 6.12. The van der Waals surface area contributed by atoms with Crippen molar-refractivity contribution in [3.63, 3.8) is 0 Å². The van der Waals surface area contributed by atoms with E-state index in [1.54, 1.807) is 35.2 Å². The third kappa shape index (κ3) is 4.24. The van der Waals surface area contributed by atoms with Crippen molar-refractivity contribution in [2.45, 2.75) is 26.0 Å². The van der Waals surface area contributed by atoms with Crippen molar-refractivity contribution in [1.82, 2.24) is 4.90 Å². The van der Waals surface area contributed by atoms with E-state index in [4.69, 9.17) is 4.74 Å². The van der Waals surface area contributed by atoms with E-state index in [0.717, 1.165) is 18.5 Å². The van der Waals surface area contributed by atoms with Gasteiger partial charge >= 0.3 is 5.97 Å². The molecule has 0 bridgehead atoms. The molecule has 0 radical (unpaired) electrons. The zero-order chi connectivity index (χ0) is 18.5. The van der Waals surface area contributed by atoms with Crippen LogP contribution in [0.3, 0.4) is 0 Å². The fourth-order valence-electron chi connectivity index (χ4n) is 2.88. The zero-order valence-corrected chi connectivity index (χ0v) is 14.1. The molecule has 0 spiro atoms. The van der Waals surface area contributed by atoms with Crippen LogP contribution in [-0.2, 0) is 22.7 Å². The Morgan fingerprint density at radius 1 is 1.15 bits per heavy atom. The molecule has 1 fully saturated rings. The van der Waals surface area contributed by atoms with Crippen LogP contribution in [0.15, 0.2) is 48.5 Å². The van der Waals surface area contributed by atoms with E-state index in [1.807, 2.05) is 6.07 Å². The Morgan fingerprint density at radius 2 is 1.92 bits per heavy atom. The van der Waals surface area contributed by atoms with Crippen LogP contribution < -0.4 is 0 Å². The molecule has 2 aromatic carbocycles. The SMILES string of the molecule is O=C(OCc1cccc([N+](=O)[O-])c1)c1cccc(CN2CCCC2=O)c1. The summed E-state index contributed by atoms with van der Waals surface area (Å²) in [6, 6.07) is 12.9. The molecular weight excluding hydrogens is 336 g/mol. The van der Waals surface area contributed by atoms with Crippen molar-refractivity contribution in [2.75, 3.05) is 6.54 Å². The molecule has 2 aromatic rings. The molecule has 3 rings (SSSR count). The van der Waals surface area contributed by atoms with Gasteiger partial charge in [0.1, 0.15) is 6.61 Å². The summed E-state index contributed by atoms with van der Waals surface area (Å²) in [5.41, 5.74) is 1.76. The number of carbonyl (C=O) groups excluding carboxylic acids is 2. The number of esters is 1. The van der Waals surface area contributed by atoms with Crippen molar-refractivity contribution >= 4 is 17.6 Å². The lowest BCUT2D eigenvalue weighted by atomic mass is 10.1. The molecule has 1 aliphatic heterocycles. The minimum Gasteiger partial charge on any atom is -0.457 e. The third-order valence-corrected chi connectivity index (χ3v) is 4.20. The number of benzene rings is 2. The quantitative estimate of drug-likeness (QED) is 0.452. The monoisotopic (exact) mass is 354 g/mol. The van der Waals surface area contributed by atoms with Gasteiger partial charge in [-0.3, -0.25) is 14.9 Å². The summed E-state index contributed by atoms with van der Waals surface area (Å²) in [4.78, 5) is 36.0. The maximum atomic E-state index is 12.3. The van der Waals surface area contributed by atoms with Crippen LogP contribution in [0.4, 0.5) is 5.69 Å². The summed E-state index contributed by atoms with van der Waals surface area (Å²) in [7, 11) is 0. The summed E-state index contributed by atoms with van der Waals surface area (Å²) < 4.78 is 5.25. The van der Waals surface area contributed by atoms with E-state index in [-0.39, 0.29) is 18.2 Å². The van der Waals surface area contributed by atoms with Crippen LogP contribution >= 0.6 is 0 Å². The van der Waals surface area contributed by atoms with Crippen molar-refractivity contribution in [3.05, 3.63) is 75.3 Å². The normalized spacial score (nSPS) is 13.7. The summed E-state index contributed by atoms with van der Waals surface area (Å²) >= 11 is 0. The number of likely N-dealkylation sites (tertiary alicyclic amines) is 1. The second-order valence-electron chi connectivity index (χ2n) is 6.12. The van der Waals surface area contributed by atoms with E-state index in [9.17, 15) is 19.7 Å².